The van der Waals surface area contributed by atoms with Crippen LogP contribution in [0.5, 0.6) is 0 Å². The Labute approximate surface area is 191 Å². The van der Waals surface area contributed by atoms with Crippen molar-refractivity contribution in [2.45, 2.75) is 19.3 Å². The van der Waals surface area contributed by atoms with Crippen molar-refractivity contribution in [3.8, 4) is 0 Å². The molecule has 3 amide bonds. The van der Waals surface area contributed by atoms with Crippen molar-refractivity contribution in [3.05, 3.63) is 59.7 Å². The molecule has 2 aromatic carbocycles. The van der Waals surface area contributed by atoms with Crippen molar-refractivity contribution in [3.63, 3.8) is 0 Å². The van der Waals surface area contributed by atoms with Gasteiger partial charge in [-0.25, -0.2) is 14.4 Å². The first kappa shape index (κ1) is 24.9. The van der Waals surface area contributed by atoms with Crippen LogP contribution >= 0.6 is 12.0 Å². The van der Waals surface area contributed by atoms with E-state index in [4.69, 9.17) is 13.7 Å². The number of unbranched alkanes of at least 4 members (excludes halogenated alkanes) is 1. The van der Waals surface area contributed by atoms with Gasteiger partial charge in [-0.1, -0.05) is 24.3 Å². The third-order valence-electron chi connectivity index (χ3n) is 4.18. The summed E-state index contributed by atoms with van der Waals surface area (Å²) in [7, 11) is 1.49. The molecule has 2 aromatic rings. The van der Waals surface area contributed by atoms with E-state index in [1.807, 2.05) is 48.5 Å². The maximum Gasteiger partial charge on any atom is 0.423 e. The first-order valence-electron chi connectivity index (χ1n) is 9.98. The Morgan fingerprint density at radius 2 is 1.22 bits per heavy atom. The van der Waals surface area contributed by atoms with Crippen LogP contribution in [0.15, 0.2) is 48.5 Å². The Balaban J connectivity index is 1.70. The molecular formula is C22H27N3O6S. The number of hydrogen-bond donors (Lipinski definition) is 3. The fourth-order valence-electron chi connectivity index (χ4n) is 2.62. The largest absolute Gasteiger partial charge is 0.450 e. The number of carbonyl (C=O) groups is 3. The molecule has 32 heavy (non-hydrogen) atoms. The van der Waals surface area contributed by atoms with E-state index in [1.54, 1.807) is 6.26 Å². The predicted octanol–water partition coefficient (Wildman–Crippen LogP) is 4.79. The highest BCUT2D eigenvalue weighted by molar-refractivity contribution is 7.94. The molecule has 3 N–H and O–H groups in total. The van der Waals surface area contributed by atoms with Gasteiger partial charge in [0, 0.05) is 24.7 Å². The molecule has 0 spiro atoms. The standard InChI is InChI=1S/C22H27N3O6S/c1-23-20(26)29-13-3-4-14-30-21(27)24-18-9-5-16(6-10-18)15-17-7-11-19(12-8-17)25-22(28)31-32-2/h5-12H,3-4,13-15H2,1-2H3,(H,23,26)(H,24,27)(H,25,28). The molecule has 9 nitrogen and oxygen atoms in total. The van der Waals surface area contributed by atoms with E-state index in [0.29, 0.717) is 30.6 Å². The van der Waals surface area contributed by atoms with Gasteiger partial charge in [0.2, 0.25) is 0 Å². The highest BCUT2D eigenvalue weighted by Gasteiger charge is 2.05. The summed E-state index contributed by atoms with van der Waals surface area (Å²) >= 11 is 0.984. The molecule has 0 aliphatic rings. The lowest BCUT2D eigenvalue weighted by molar-refractivity contribution is 0.135. The van der Waals surface area contributed by atoms with E-state index in [-0.39, 0.29) is 13.2 Å². The van der Waals surface area contributed by atoms with E-state index in [1.165, 1.54) is 7.05 Å². The topological polar surface area (TPSA) is 115 Å². The molecule has 0 bridgehead atoms. The first-order chi connectivity index (χ1) is 15.5. The predicted molar refractivity (Wildman–Crippen MR) is 124 cm³/mol. The Kier molecular flexibility index (Phi) is 10.7. The molecule has 0 aliphatic heterocycles. The van der Waals surface area contributed by atoms with Crippen molar-refractivity contribution >= 4 is 41.7 Å². The second kappa shape index (κ2) is 13.8. The van der Waals surface area contributed by atoms with Gasteiger partial charge in [0.15, 0.2) is 0 Å². The van der Waals surface area contributed by atoms with Crippen molar-refractivity contribution in [2.75, 3.05) is 37.2 Å². The molecule has 0 saturated carbocycles. The molecule has 2 rings (SSSR count). The lowest BCUT2D eigenvalue weighted by Crippen LogP contribution is -2.20. The number of nitrogens with one attached hydrogen (secondary N) is 3. The maximum absolute atomic E-state index is 11.9. The number of alkyl carbamates (subject to hydrolysis) is 1. The normalized spacial score (nSPS) is 10.1. The van der Waals surface area contributed by atoms with Gasteiger partial charge in [0.1, 0.15) is 0 Å². The van der Waals surface area contributed by atoms with Gasteiger partial charge in [0.25, 0.3) is 0 Å². The van der Waals surface area contributed by atoms with Crippen molar-refractivity contribution in [1.29, 1.82) is 0 Å². The second-order valence-electron chi connectivity index (χ2n) is 6.59. The molecule has 0 unspecified atom stereocenters. The number of carbonyl (C=O) groups excluding carboxylic acids is 3. The summed E-state index contributed by atoms with van der Waals surface area (Å²) in [4.78, 5) is 34.2. The summed E-state index contributed by atoms with van der Waals surface area (Å²) in [6, 6.07) is 14.9. The smallest absolute Gasteiger partial charge is 0.423 e. The average Bonchev–Trinajstić information content (AvgIpc) is 2.78. The van der Waals surface area contributed by atoms with Gasteiger partial charge >= 0.3 is 18.3 Å². The molecule has 0 aliphatic carbocycles. The van der Waals surface area contributed by atoms with Crippen LogP contribution in [-0.2, 0) is 20.1 Å². The minimum Gasteiger partial charge on any atom is -0.450 e. The molecule has 0 fully saturated rings. The lowest BCUT2D eigenvalue weighted by Gasteiger charge is -2.09. The van der Waals surface area contributed by atoms with Gasteiger partial charge in [-0.15, -0.1) is 0 Å². The van der Waals surface area contributed by atoms with E-state index in [0.717, 1.165) is 23.2 Å². The monoisotopic (exact) mass is 461 g/mol. The summed E-state index contributed by atoms with van der Waals surface area (Å²) in [6.45, 7) is 0.511. The number of rotatable bonds is 10. The fourth-order valence-corrected chi connectivity index (χ4v) is 2.81. The third-order valence-corrected chi connectivity index (χ3v) is 4.50. The average molecular weight is 462 g/mol. The van der Waals surface area contributed by atoms with Crippen molar-refractivity contribution in [1.82, 2.24) is 5.32 Å². The lowest BCUT2D eigenvalue weighted by atomic mass is 10.0. The number of hydrogen-bond acceptors (Lipinski definition) is 7. The van der Waals surface area contributed by atoms with Crippen molar-refractivity contribution < 1.29 is 28.0 Å². The number of ether oxygens (including phenoxy) is 2. The van der Waals surface area contributed by atoms with E-state index < -0.39 is 18.3 Å². The number of amides is 3. The fraction of sp³-hybridized carbons (Fsp3) is 0.318. The SMILES string of the molecule is CNC(=O)OCCCCOC(=O)Nc1ccc(Cc2ccc(NC(=O)OSC)cc2)cc1. The molecular weight excluding hydrogens is 434 g/mol. The summed E-state index contributed by atoms with van der Waals surface area (Å²) in [5, 5.41) is 7.67. The van der Waals surface area contributed by atoms with Gasteiger partial charge in [0.05, 0.1) is 25.3 Å². The van der Waals surface area contributed by atoms with Crippen LogP contribution in [0.3, 0.4) is 0 Å². The zero-order chi connectivity index (χ0) is 23.2. The van der Waals surface area contributed by atoms with Gasteiger partial charge in [-0.05, 0) is 54.7 Å². The molecule has 0 saturated heterocycles. The molecule has 0 radical (unpaired) electrons. The highest BCUT2D eigenvalue weighted by atomic mass is 32.2. The molecule has 0 heterocycles. The van der Waals surface area contributed by atoms with E-state index >= 15 is 0 Å². The summed E-state index contributed by atoms with van der Waals surface area (Å²) < 4.78 is 14.7. The Hall–Kier alpha value is -3.40. The quantitative estimate of drug-likeness (QED) is 0.344. The number of anilines is 2. The Morgan fingerprint density at radius 3 is 1.69 bits per heavy atom. The van der Waals surface area contributed by atoms with Gasteiger partial charge in [-0.2, -0.15) is 0 Å². The summed E-state index contributed by atoms with van der Waals surface area (Å²) in [6.07, 6.45) is 2.05. The summed E-state index contributed by atoms with van der Waals surface area (Å²) in [5.41, 5.74) is 3.44. The van der Waals surface area contributed by atoms with E-state index in [9.17, 15) is 14.4 Å². The Morgan fingerprint density at radius 1 is 0.750 bits per heavy atom. The molecule has 172 valence electrons. The summed E-state index contributed by atoms with van der Waals surface area (Å²) in [5.74, 6) is 0. The van der Waals surface area contributed by atoms with Gasteiger partial charge < -0.3 is 19.0 Å². The minimum absolute atomic E-state index is 0.237. The zero-order valence-corrected chi connectivity index (χ0v) is 18.8. The molecule has 0 aromatic heterocycles. The number of benzene rings is 2. The molecule has 10 heteroatoms. The van der Waals surface area contributed by atoms with Crippen molar-refractivity contribution in [2.24, 2.45) is 0 Å². The van der Waals surface area contributed by atoms with Crippen LogP contribution in [-0.4, -0.2) is 44.8 Å². The van der Waals surface area contributed by atoms with Gasteiger partial charge in [-0.3, -0.25) is 10.6 Å². The van der Waals surface area contributed by atoms with E-state index in [2.05, 4.69) is 16.0 Å². The maximum atomic E-state index is 11.9. The Bertz CT molecular complexity index is 874. The van der Waals surface area contributed by atoms with Crippen LogP contribution < -0.4 is 16.0 Å². The van der Waals surface area contributed by atoms with Crippen LogP contribution in [0.2, 0.25) is 0 Å². The molecule has 0 atom stereocenters. The van der Waals surface area contributed by atoms with Crippen LogP contribution in [0.4, 0.5) is 25.8 Å². The minimum atomic E-state index is -0.534. The van der Waals surface area contributed by atoms with Crippen LogP contribution in [0.1, 0.15) is 24.0 Å². The zero-order valence-electron chi connectivity index (χ0n) is 18.0. The first-order valence-corrected chi connectivity index (χ1v) is 11.1. The highest BCUT2D eigenvalue weighted by Crippen LogP contribution is 2.16. The second-order valence-corrected chi connectivity index (χ2v) is 7.09. The van der Waals surface area contributed by atoms with Crippen LogP contribution in [0.25, 0.3) is 0 Å². The van der Waals surface area contributed by atoms with Crippen LogP contribution in [0, 0.1) is 0 Å². The third kappa shape index (κ3) is 9.61.